The van der Waals surface area contributed by atoms with E-state index in [1.54, 1.807) is 6.20 Å². The molecule has 122 valence electrons. The first-order chi connectivity index (χ1) is 11.2. The Labute approximate surface area is 137 Å². The van der Waals surface area contributed by atoms with E-state index in [1.165, 1.54) is 0 Å². The Kier molecular flexibility index (Phi) is 6.41. The summed E-state index contributed by atoms with van der Waals surface area (Å²) in [4.78, 5) is 16.1. The number of amides is 1. The molecule has 1 heterocycles. The van der Waals surface area contributed by atoms with Gasteiger partial charge in [0.1, 0.15) is 11.6 Å². The highest BCUT2D eigenvalue weighted by atomic mass is 16.5. The summed E-state index contributed by atoms with van der Waals surface area (Å²) in [7, 11) is 0. The summed E-state index contributed by atoms with van der Waals surface area (Å²) in [5.41, 5.74) is 1.81. The second-order valence-electron chi connectivity index (χ2n) is 5.36. The molecule has 0 spiro atoms. The zero-order valence-electron chi connectivity index (χ0n) is 13.6. The molecule has 0 aliphatic rings. The summed E-state index contributed by atoms with van der Waals surface area (Å²) < 4.78 is 5.44. The van der Waals surface area contributed by atoms with Crippen LogP contribution in [0.3, 0.4) is 0 Å². The SMILES string of the molecule is CCCCNc1ccc(NC(=O)COc2ccc(C)cc2)cn1. The third-order valence-corrected chi connectivity index (χ3v) is 3.27. The predicted octanol–water partition coefficient (Wildman–Crippen LogP) is 3.62. The lowest BCUT2D eigenvalue weighted by molar-refractivity contribution is -0.118. The van der Waals surface area contributed by atoms with Gasteiger partial charge in [-0.25, -0.2) is 4.98 Å². The number of anilines is 2. The Bertz CT molecular complexity index is 609. The summed E-state index contributed by atoms with van der Waals surface area (Å²) in [6.45, 7) is 5.02. The number of aromatic nitrogens is 1. The molecule has 0 saturated carbocycles. The molecule has 0 saturated heterocycles. The van der Waals surface area contributed by atoms with Gasteiger partial charge in [0.05, 0.1) is 11.9 Å². The normalized spacial score (nSPS) is 10.2. The van der Waals surface area contributed by atoms with E-state index in [2.05, 4.69) is 22.5 Å². The van der Waals surface area contributed by atoms with E-state index in [0.29, 0.717) is 11.4 Å². The molecule has 1 amide bonds. The van der Waals surface area contributed by atoms with E-state index in [0.717, 1.165) is 30.8 Å². The zero-order chi connectivity index (χ0) is 16.5. The van der Waals surface area contributed by atoms with E-state index >= 15 is 0 Å². The second kappa shape index (κ2) is 8.78. The number of nitrogens with one attached hydrogen (secondary N) is 2. The predicted molar refractivity (Wildman–Crippen MR) is 92.9 cm³/mol. The monoisotopic (exact) mass is 313 g/mol. The van der Waals surface area contributed by atoms with Crippen molar-refractivity contribution in [3.05, 3.63) is 48.2 Å². The smallest absolute Gasteiger partial charge is 0.262 e. The topological polar surface area (TPSA) is 63.2 Å². The van der Waals surface area contributed by atoms with E-state index in [9.17, 15) is 4.79 Å². The minimum atomic E-state index is -0.209. The Balaban J connectivity index is 1.77. The van der Waals surface area contributed by atoms with E-state index in [1.807, 2.05) is 43.3 Å². The number of rotatable bonds is 8. The van der Waals surface area contributed by atoms with Gasteiger partial charge in [-0.15, -0.1) is 0 Å². The number of benzene rings is 1. The van der Waals surface area contributed by atoms with Crippen molar-refractivity contribution in [2.75, 3.05) is 23.8 Å². The van der Waals surface area contributed by atoms with E-state index < -0.39 is 0 Å². The van der Waals surface area contributed by atoms with Crippen molar-refractivity contribution in [1.29, 1.82) is 0 Å². The number of pyridine rings is 1. The van der Waals surface area contributed by atoms with Crippen molar-refractivity contribution >= 4 is 17.4 Å². The first-order valence-corrected chi connectivity index (χ1v) is 7.86. The number of carbonyl (C=O) groups excluding carboxylic acids is 1. The van der Waals surface area contributed by atoms with Crippen LogP contribution in [0.4, 0.5) is 11.5 Å². The standard InChI is InChI=1S/C18H23N3O2/c1-3-4-11-19-17-10-7-15(12-20-17)21-18(22)13-23-16-8-5-14(2)6-9-16/h5-10,12H,3-4,11,13H2,1-2H3,(H,19,20)(H,21,22). The number of unbranched alkanes of at least 4 members (excludes halogenated alkanes) is 1. The molecule has 0 unspecified atom stereocenters. The van der Waals surface area contributed by atoms with Gasteiger partial charge in [-0.05, 0) is 37.6 Å². The van der Waals surface area contributed by atoms with E-state index in [4.69, 9.17) is 4.74 Å². The molecule has 2 aromatic rings. The third kappa shape index (κ3) is 5.98. The molecule has 0 fully saturated rings. The van der Waals surface area contributed by atoms with Crippen LogP contribution in [-0.4, -0.2) is 24.0 Å². The van der Waals surface area contributed by atoms with Crippen molar-refractivity contribution in [2.24, 2.45) is 0 Å². The fourth-order valence-corrected chi connectivity index (χ4v) is 1.95. The average Bonchev–Trinajstić information content (AvgIpc) is 2.56. The molecule has 23 heavy (non-hydrogen) atoms. The first-order valence-electron chi connectivity index (χ1n) is 7.86. The molecule has 5 nitrogen and oxygen atoms in total. The lowest BCUT2D eigenvalue weighted by atomic mass is 10.2. The van der Waals surface area contributed by atoms with Crippen LogP contribution in [0.25, 0.3) is 0 Å². The van der Waals surface area contributed by atoms with Gasteiger partial charge in [0.25, 0.3) is 5.91 Å². The molecule has 0 aliphatic carbocycles. The number of ether oxygens (including phenoxy) is 1. The maximum atomic E-state index is 11.9. The van der Waals surface area contributed by atoms with Crippen molar-refractivity contribution in [3.8, 4) is 5.75 Å². The van der Waals surface area contributed by atoms with Gasteiger partial charge in [-0.1, -0.05) is 31.0 Å². The van der Waals surface area contributed by atoms with Crippen molar-refractivity contribution < 1.29 is 9.53 Å². The largest absolute Gasteiger partial charge is 0.484 e. The molecule has 2 N–H and O–H groups in total. The number of hydrogen-bond donors (Lipinski definition) is 2. The molecule has 0 bridgehead atoms. The van der Waals surface area contributed by atoms with Crippen LogP contribution >= 0.6 is 0 Å². The first kappa shape index (κ1) is 16.8. The van der Waals surface area contributed by atoms with Crippen LogP contribution in [0.15, 0.2) is 42.6 Å². The number of carbonyl (C=O) groups is 1. The van der Waals surface area contributed by atoms with Crippen LogP contribution < -0.4 is 15.4 Å². The van der Waals surface area contributed by atoms with Gasteiger partial charge >= 0.3 is 0 Å². The molecule has 1 aromatic carbocycles. The van der Waals surface area contributed by atoms with Gasteiger partial charge < -0.3 is 15.4 Å². The lowest BCUT2D eigenvalue weighted by Gasteiger charge is -2.09. The molecular formula is C18H23N3O2. The summed E-state index contributed by atoms with van der Waals surface area (Å²) in [5, 5.41) is 5.99. The molecule has 0 radical (unpaired) electrons. The molecule has 0 atom stereocenters. The van der Waals surface area contributed by atoms with Crippen molar-refractivity contribution in [1.82, 2.24) is 4.98 Å². The maximum absolute atomic E-state index is 11.9. The van der Waals surface area contributed by atoms with Crippen LogP contribution in [0.5, 0.6) is 5.75 Å². The van der Waals surface area contributed by atoms with Gasteiger partial charge in [0.2, 0.25) is 0 Å². The second-order valence-corrected chi connectivity index (χ2v) is 5.36. The van der Waals surface area contributed by atoms with Crippen LogP contribution in [0.2, 0.25) is 0 Å². The fourth-order valence-electron chi connectivity index (χ4n) is 1.95. The molecule has 1 aromatic heterocycles. The molecular weight excluding hydrogens is 290 g/mol. The zero-order valence-corrected chi connectivity index (χ0v) is 13.6. The van der Waals surface area contributed by atoms with Crippen LogP contribution in [0, 0.1) is 6.92 Å². The summed E-state index contributed by atoms with van der Waals surface area (Å²) in [6.07, 6.45) is 3.89. The number of nitrogens with zero attached hydrogens (tertiary/aromatic N) is 1. The fraction of sp³-hybridized carbons (Fsp3) is 0.333. The van der Waals surface area contributed by atoms with Gasteiger partial charge in [0.15, 0.2) is 6.61 Å². The van der Waals surface area contributed by atoms with Gasteiger partial charge in [-0.3, -0.25) is 4.79 Å². The van der Waals surface area contributed by atoms with Gasteiger partial charge in [0, 0.05) is 6.54 Å². The highest BCUT2D eigenvalue weighted by Gasteiger charge is 2.04. The minimum Gasteiger partial charge on any atom is -0.484 e. The Hall–Kier alpha value is -2.56. The third-order valence-electron chi connectivity index (χ3n) is 3.27. The Morgan fingerprint density at radius 3 is 2.61 bits per heavy atom. The van der Waals surface area contributed by atoms with Crippen LogP contribution in [0.1, 0.15) is 25.3 Å². The molecule has 0 aliphatic heterocycles. The highest BCUT2D eigenvalue weighted by Crippen LogP contribution is 2.12. The van der Waals surface area contributed by atoms with Gasteiger partial charge in [-0.2, -0.15) is 0 Å². The minimum absolute atomic E-state index is 0.0282. The number of aryl methyl sites for hydroxylation is 1. The number of hydrogen-bond acceptors (Lipinski definition) is 4. The summed E-state index contributed by atoms with van der Waals surface area (Å²) >= 11 is 0. The van der Waals surface area contributed by atoms with Crippen molar-refractivity contribution in [2.45, 2.75) is 26.7 Å². The Morgan fingerprint density at radius 1 is 1.17 bits per heavy atom. The molecule has 5 heteroatoms. The van der Waals surface area contributed by atoms with E-state index in [-0.39, 0.29) is 12.5 Å². The maximum Gasteiger partial charge on any atom is 0.262 e. The summed E-state index contributed by atoms with van der Waals surface area (Å²) in [6, 6.07) is 11.3. The van der Waals surface area contributed by atoms with Crippen LogP contribution in [-0.2, 0) is 4.79 Å². The Morgan fingerprint density at radius 2 is 1.96 bits per heavy atom. The average molecular weight is 313 g/mol. The quantitative estimate of drug-likeness (QED) is 0.731. The van der Waals surface area contributed by atoms with Crippen molar-refractivity contribution in [3.63, 3.8) is 0 Å². The lowest BCUT2D eigenvalue weighted by Crippen LogP contribution is -2.20. The highest BCUT2D eigenvalue weighted by molar-refractivity contribution is 5.91. The summed E-state index contributed by atoms with van der Waals surface area (Å²) in [5.74, 6) is 1.28. The molecule has 2 rings (SSSR count).